The smallest absolute Gasteiger partial charge is 0.125 e. The van der Waals surface area contributed by atoms with Crippen LogP contribution >= 0.6 is 27.5 Å². The number of hydrogen-bond acceptors (Lipinski definition) is 1. The van der Waals surface area contributed by atoms with Crippen molar-refractivity contribution in [1.82, 2.24) is 9.78 Å². The van der Waals surface area contributed by atoms with E-state index in [1.54, 1.807) is 12.3 Å². The first-order valence-corrected chi connectivity index (χ1v) is 5.00. The van der Waals surface area contributed by atoms with Crippen molar-refractivity contribution >= 4 is 27.5 Å². The van der Waals surface area contributed by atoms with E-state index in [0.29, 0.717) is 10.7 Å². The van der Waals surface area contributed by atoms with Gasteiger partial charge in [-0.1, -0.05) is 11.6 Å². The molecule has 0 fully saturated rings. The second kappa shape index (κ2) is 3.71. The highest BCUT2D eigenvalue weighted by atomic mass is 79.9. The molecule has 0 radical (unpaired) electrons. The lowest BCUT2D eigenvalue weighted by Gasteiger charge is -2.05. The summed E-state index contributed by atoms with van der Waals surface area (Å²) in [6.45, 7) is 0. The molecule has 1 heterocycles. The second-order valence-electron chi connectivity index (χ2n) is 2.66. The Morgan fingerprint density at radius 2 is 2.14 bits per heavy atom. The van der Waals surface area contributed by atoms with Crippen LogP contribution in [0, 0.1) is 5.82 Å². The second-order valence-corrected chi connectivity index (χ2v) is 3.88. The molecule has 72 valence electrons. The predicted molar refractivity (Wildman–Crippen MR) is 56.2 cm³/mol. The zero-order valence-electron chi connectivity index (χ0n) is 6.92. The molecule has 0 amide bonds. The molecule has 0 N–H and O–H groups in total. The predicted octanol–water partition coefficient (Wildman–Crippen LogP) is 3.43. The van der Waals surface area contributed by atoms with Gasteiger partial charge in [-0.15, -0.1) is 0 Å². The van der Waals surface area contributed by atoms with Gasteiger partial charge in [0.15, 0.2) is 0 Å². The van der Waals surface area contributed by atoms with Gasteiger partial charge in [0.25, 0.3) is 0 Å². The van der Waals surface area contributed by atoms with Crippen LogP contribution in [0.4, 0.5) is 4.39 Å². The minimum absolute atomic E-state index is 0.341. The van der Waals surface area contributed by atoms with Gasteiger partial charge in [-0.05, 0) is 34.1 Å². The Bertz CT molecular complexity index is 470. The fourth-order valence-electron chi connectivity index (χ4n) is 1.11. The molecule has 0 aliphatic rings. The van der Waals surface area contributed by atoms with Gasteiger partial charge >= 0.3 is 0 Å². The number of aromatic nitrogens is 2. The van der Waals surface area contributed by atoms with Gasteiger partial charge < -0.3 is 0 Å². The van der Waals surface area contributed by atoms with Gasteiger partial charge in [0.1, 0.15) is 10.4 Å². The molecule has 2 nitrogen and oxygen atoms in total. The molecule has 1 aromatic heterocycles. The highest BCUT2D eigenvalue weighted by molar-refractivity contribution is 9.10. The number of rotatable bonds is 1. The molecular formula is C9H5BrClFN2. The fourth-order valence-corrected chi connectivity index (χ4v) is 1.71. The van der Waals surface area contributed by atoms with Crippen LogP contribution in [0.25, 0.3) is 5.69 Å². The molecule has 2 rings (SSSR count). The van der Waals surface area contributed by atoms with Crippen molar-refractivity contribution in [2.24, 2.45) is 0 Å². The summed E-state index contributed by atoms with van der Waals surface area (Å²) < 4.78 is 15.2. The van der Waals surface area contributed by atoms with E-state index in [2.05, 4.69) is 21.0 Å². The van der Waals surface area contributed by atoms with E-state index in [-0.39, 0.29) is 5.82 Å². The minimum Gasteiger partial charge on any atom is -0.225 e. The van der Waals surface area contributed by atoms with Crippen molar-refractivity contribution in [1.29, 1.82) is 0 Å². The molecule has 0 aliphatic heterocycles. The van der Waals surface area contributed by atoms with E-state index < -0.39 is 0 Å². The third kappa shape index (κ3) is 1.67. The Morgan fingerprint density at radius 1 is 1.36 bits per heavy atom. The molecule has 1 aromatic carbocycles. The molecule has 14 heavy (non-hydrogen) atoms. The Labute approximate surface area is 93.4 Å². The molecule has 0 saturated carbocycles. The molecule has 0 unspecified atom stereocenters. The molecule has 0 spiro atoms. The zero-order chi connectivity index (χ0) is 10.1. The van der Waals surface area contributed by atoms with Gasteiger partial charge in [-0.25, -0.2) is 9.07 Å². The fraction of sp³-hybridized carbons (Fsp3) is 0. The first-order valence-electron chi connectivity index (χ1n) is 3.83. The standard InChI is InChI=1S/C9H5BrClFN2/c10-9-3-4-13-14(9)8-5-6(12)1-2-7(8)11/h1-5H. The summed E-state index contributed by atoms with van der Waals surface area (Å²) in [4.78, 5) is 0. The maximum Gasteiger partial charge on any atom is 0.125 e. The van der Waals surface area contributed by atoms with E-state index in [1.165, 1.54) is 22.9 Å². The third-order valence-corrected chi connectivity index (χ3v) is 2.65. The minimum atomic E-state index is -0.341. The van der Waals surface area contributed by atoms with Crippen molar-refractivity contribution < 1.29 is 4.39 Å². The quantitative estimate of drug-likeness (QED) is 0.780. The molecule has 5 heteroatoms. The molecule has 0 atom stereocenters. The zero-order valence-corrected chi connectivity index (χ0v) is 9.26. The number of nitrogens with zero attached hydrogens (tertiary/aromatic N) is 2. The van der Waals surface area contributed by atoms with E-state index in [4.69, 9.17) is 11.6 Å². The van der Waals surface area contributed by atoms with Crippen LogP contribution in [0.15, 0.2) is 35.1 Å². The lowest BCUT2D eigenvalue weighted by molar-refractivity contribution is 0.625. The van der Waals surface area contributed by atoms with E-state index >= 15 is 0 Å². The van der Waals surface area contributed by atoms with Crippen LogP contribution in [0.1, 0.15) is 0 Å². The number of halogens is 3. The maximum atomic E-state index is 13.0. The molecular weight excluding hydrogens is 270 g/mol. The first-order chi connectivity index (χ1) is 6.68. The summed E-state index contributed by atoms with van der Waals surface area (Å²) >= 11 is 9.19. The van der Waals surface area contributed by atoms with Crippen molar-refractivity contribution in [2.45, 2.75) is 0 Å². The summed E-state index contributed by atoms with van der Waals surface area (Å²) in [5, 5.41) is 4.46. The average Bonchev–Trinajstić information content (AvgIpc) is 2.56. The summed E-state index contributed by atoms with van der Waals surface area (Å²) in [6, 6.07) is 5.89. The van der Waals surface area contributed by atoms with Gasteiger partial charge in [0, 0.05) is 6.07 Å². The van der Waals surface area contributed by atoms with Gasteiger partial charge in [-0.2, -0.15) is 5.10 Å². The Kier molecular flexibility index (Phi) is 2.56. The van der Waals surface area contributed by atoms with E-state index in [0.717, 1.165) is 4.60 Å². The van der Waals surface area contributed by atoms with Crippen LogP contribution in [-0.4, -0.2) is 9.78 Å². The summed E-state index contributed by atoms with van der Waals surface area (Å²) in [7, 11) is 0. The molecule has 0 bridgehead atoms. The van der Waals surface area contributed by atoms with Gasteiger partial charge in [0.2, 0.25) is 0 Å². The lowest BCUT2D eigenvalue weighted by Crippen LogP contribution is -1.97. The van der Waals surface area contributed by atoms with Crippen LogP contribution in [0.3, 0.4) is 0 Å². The van der Waals surface area contributed by atoms with Gasteiger partial charge in [0.05, 0.1) is 16.9 Å². The Hall–Kier alpha value is -0.870. The van der Waals surface area contributed by atoms with Crippen molar-refractivity contribution in [2.75, 3.05) is 0 Å². The molecule has 0 saturated heterocycles. The number of benzene rings is 1. The molecule has 2 aromatic rings. The van der Waals surface area contributed by atoms with Crippen LogP contribution in [0.2, 0.25) is 5.02 Å². The van der Waals surface area contributed by atoms with Crippen LogP contribution < -0.4 is 0 Å². The van der Waals surface area contributed by atoms with Crippen molar-refractivity contribution in [3.8, 4) is 5.69 Å². The average molecular weight is 276 g/mol. The van der Waals surface area contributed by atoms with E-state index in [1.807, 2.05) is 0 Å². The molecule has 0 aliphatic carbocycles. The summed E-state index contributed by atoms with van der Waals surface area (Å²) in [6.07, 6.45) is 1.60. The maximum absolute atomic E-state index is 13.0. The van der Waals surface area contributed by atoms with Gasteiger partial charge in [-0.3, -0.25) is 0 Å². The highest BCUT2D eigenvalue weighted by Gasteiger charge is 2.07. The third-order valence-electron chi connectivity index (χ3n) is 1.73. The SMILES string of the molecule is Fc1ccc(Cl)c(-n2nccc2Br)c1. The number of hydrogen-bond donors (Lipinski definition) is 0. The Balaban J connectivity index is 2.62. The summed E-state index contributed by atoms with van der Waals surface area (Å²) in [5.41, 5.74) is 0.517. The van der Waals surface area contributed by atoms with E-state index in [9.17, 15) is 4.39 Å². The van der Waals surface area contributed by atoms with Crippen molar-refractivity contribution in [3.05, 3.63) is 45.9 Å². The lowest BCUT2D eigenvalue weighted by atomic mass is 10.3. The highest BCUT2D eigenvalue weighted by Crippen LogP contribution is 2.23. The largest absolute Gasteiger partial charge is 0.225 e. The monoisotopic (exact) mass is 274 g/mol. The Morgan fingerprint density at radius 3 is 2.79 bits per heavy atom. The van der Waals surface area contributed by atoms with Crippen LogP contribution in [-0.2, 0) is 0 Å². The topological polar surface area (TPSA) is 17.8 Å². The van der Waals surface area contributed by atoms with Crippen LogP contribution in [0.5, 0.6) is 0 Å². The summed E-state index contributed by atoms with van der Waals surface area (Å²) in [5.74, 6) is -0.341. The normalized spacial score (nSPS) is 10.5. The first kappa shape index (κ1) is 9.68. The van der Waals surface area contributed by atoms with Crippen molar-refractivity contribution in [3.63, 3.8) is 0 Å².